The van der Waals surface area contributed by atoms with Crippen LogP contribution in [0.4, 0.5) is 4.39 Å². The first kappa shape index (κ1) is 23.7. The lowest BCUT2D eigenvalue weighted by atomic mass is 10.1. The molecule has 1 saturated heterocycles. The molecule has 0 unspecified atom stereocenters. The molecule has 34 heavy (non-hydrogen) atoms. The number of benzene rings is 2. The highest BCUT2D eigenvalue weighted by Gasteiger charge is 2.27. The van der Waals surface area contributed by atoms with E-state index in [-0.39, 0.29) is 47.5 Å². The summed E-state index contributed by atoms with van der Waals surface area (Å²) in [5.41, 5.74) is 1.19. The van der Waals surface area contributed by atoms with Crippen molar-refractivity contribution in [2.24, 2.45) is 0 Å². The molecule has 1 aliphatic heterocycles. The van der Waals surface area contributed by atoms with E-state index in [9.17, 15) is 22.4 Å². The molecule has 1 N–H and O–H groups in total. The second kappa shape index (κ2) is 9.78. The molecule has 10 heteroatoms. The number of carbonyl (C=O) groups is 2. The Kier molecular flexibility index (Phi) is 6.80. The van der Waals surface area contributed by atoms with E-state index in [1.54, 1.807) is 41.0 Å². The molecular weight excluding hydrogens is 461 g/mol. The third-order valence-corrected chi connectivity index (χ3v) is 7.09. The predicted octanol–water partition coefficient (Wildman–Crippen LogP) is 2.80. The maximum atomic E-state index is 13.4. The highest BCUT2D eigenvalue weighted by Crippen LogP contribution is 2.19. The van der Waals surface area contributed by atoms with E-state index in [0.717, 1.165) is 0 Å². The maximum absolute atomic E-state index is 13.4. The van der Waals surface area contributed by atoms with E-state index in [1.807, 2.05) is 0 Å². The number of hydrogen-bond donors (Lipinski definition) is 1. The topological polar surface area (TPSA) is 99.9 Å². The molecule has 1 aromatic heterocycles. The van der Waals surface area contributed by atoms with Crippen molar-refractivity contribution in [1.82, 2.24) is 14.5 Å². The van der Waals surface area contributed by atoms with Gasteiger partial charge in [-0.15, -0.1) is 0 Å². The Bertz CT molecular complexity index is 1300. The first-order valence-electron chi connectivity index (χ1n) is 10.7. The predicted molar refractivity (Wildman–Crippen MR) is 122 cm³/mol. The number of piperazine rings is 1. The zero-order valence-corrected chi connectivity index (χ0v) is 19.3. The second-order valence-electron chi connectivity index (χ2n) is 7.98. The summed E-state index contributed by atoms with van der Waals surface area (Å²) in [6.07, 6.45) is 1.46. The van der Waals surface area contributed by atoms with Crippen LogP contribution in [-0.4, -0.2) is 56.2 Å². The van der Waals surface area contributed by atoms with Crippen LogP contribution in [0.1, 0.15) is 32.0 Å². The summed E-state index contributed by atoms with van der Waals surface area (Å²) in [4.78, 5) is 28.9. The summed E-state index contributed by atoms with van der Waals surface area (Å²) < 4.78 is 46.5. The molecule has 2 heterocycles. The number of nitrogens with zero attached hydrogens (tertiary/aromatic N) is 2. The van der Waals surface area contributed by atoms with Gasteiger partial charge in [0.25, 0.3) is 11.8 Å². The van der Waals surface area contributed by atoms with Crippen LogP contribution in [0.3, 0.4) is 0 Å². The van der Waals surface area contributed by atoms with Gasteiger partial charge in [0.2, 0.25) is 10.0 Å². The highest BCUT2D eigenvalue weighted by molar-refractivity contribution is 7.89. The number of amides is 2. The van der Waals surface area contributed by atoms with Crippen molar-refractivity contribution in [3.8, 4) is 0 Å². The molecule has 8 nitrogen and oxygen atoms in total. The standard InChI is InChI=1S/C24H24FN3O5S/c1-17-7-8-21(34(31,32)26-16-20-6-3-13-33-20)15-22(17)24(30)28-11-9-27(10-12-28)23(29)18-4-2-5-19(25)14-18/h2-8,13-15,26H,9-12,16H2,1H3. The summed E-state index contributed by atoms with van der Waals surface area (Å²) in [6.45, 7) is 2.89. The minimum Gasteiger partial charge on any atom is -0.468 e. The van der Waals surface area contributed by atoms with Crippen molar-refractivity contribution < 1.29 is 26.8 Å². The van der Waals surface area contributed by atoms with Gasteiger partial charge in [-0.25, -0.2) is 17.5 Å². The number of aryl methyl sites for hydroxylation is 1. The lowest BCUT2D eigenvalue weighted by molar-refractivity contribution is 0.0534. The monoisotopic (exact) mass is 485 g/mol. The normalized spacial score (nSPS) is 14.3. The van der Waals surface area contributed by atoms with Crippen molar-refractivity contribution in [1.29, 1.82) is 0 Å². The maximum Gasteiger partial charge on any atom is 0.254 e. The molecule has 2 aromatic carbocycles. The fourth-order valence-electron chi connectivity index (χ4n) is 3.75. The zero-order chi connectivity index (χ0) is 24.3. The number of nitrogens with one attached hydrogen (secondary N) is 1. The number of hydrogen-bond acceptors (Lipinski definition) is 5. The van der Waals surface area contributed by atoms with Crippen molar-refractivity contribution in [3.05, 3.63) is 89.1 Å². The molecule has 0 saturated carbocycles. The van der Waals surface area contributed by atoms with Gasteiger partial charge in [0.15, 0.2) is 0 Å². The molecule has 3 aromatic rings. The van der Waals surface area contributed by atoms with Gasteiger partial charge in [-0.3, -0.25) is 9.59 Å². The Balaban J connectivity index is 1.43. The molecule has 0 bridgehead atoms. The minimum absolute atomic E-state index is 0.00616. The number of carbonyl (C=O) groups excluding carboxylic acids is 2. The number of sulfonamides is 1. The number of furan rings is 1. The molecular formula is C24H24FN3O5S. The summed E-state index contributed by atoms with van der Waals surface area (Å²) in [6, 6.07) is 13.2. The van der Waals surface area contributed by atoms with E-state index < -0.39 is 15.8 Å². The zero-order valence-electron chi connectivity index (χ0n) is 18.5. The van der Waals surface area contributed by atoms with Crippen LogP contribution in [0.15, 0.2) is 70.2 Å². The van der Waals surface area contributed by atoms with E-state index in [2.05, 4.69) is 4.72 Å². The Morgan fingerprint density at radius 1 is 0.971 bits per heavy atom. The van der Waals surface area contributed by atoms with Crippen molar-refractivity contribution >= 4 is 21.8 Å². The quantitative estimate of drug-likeness (QED) is 0.579. The average molecular weight is 486 g/mol. The average Bonchev–Trinajstić information content (AvgIpc) is 3.36. The molecule has 4 rings (SSSR count). The van der Waals surface area contributed by atoms with Crippen molar-refractivity contribution in [2.45, 2.75) is 18.4 Å². The Morgan fingerprint density at radius 2 is 1.68 bits per heavy atom. The van der Waals surface area contributed by atoms with Gasteiger partial charge < -0.3 is 14.2 Å². The lowest BCUT2D eigenvalue weighted by Gasteiger charge is -2.35. The lowest BCUT2D eigenvalue weighted by Crippen LogP contribution is -2.50. The van der Waals surface area contributed by atoms with Crippen LogP contribution in [-0.2, 0) is 16.6 Å². The van der Waals surface area contributed by atoms with Gasteiger partial charge >= 0.3 is 0 Å². The highest BCUT2D eigenvalue weighted by atomic mass is 32.2. The second-order valence-corrected chi connectivity index (χ2v) is 9.74. The first-order valence-corrected chi connectivity index (χ1v) is 12.2. The van der Waals surface area contributed by atoms with Gasteiger partial charge in [-0.1, -0.05) is 12.1 Å². The Morgan fingerprint density at radius 3 is 2.32 bits per heavy atom. The SMILES string of the molecule is Cc1ccc(S(=O)(=O)NCc2ccco2)cc1C(=O)N1CCN(C(=O)c2cccc(F)c2)CC1. The van der Waals surface area contributed by atoms with Gasteiger partial charge in [-0.05, 0) is 55.0 Å². The van der Waals surface area contributed by atoms with Crippen LogP contribution >= 0.6 is 0 Å². The fourth-order valence-corrected chi connectivity index (χ4v) is 4.77. The van der Waals surface area contributed by atoms with E-state index >= 15 is 0 Å². The van der Waals surface area contributed by atoms with E-state index in [4.69, 9.17) is 4.42 Å². The largest absolute Gasteiger partial charge is 0.468 e. The van der Waals surface area contributed by atoms with Crippen molar-refractivity contribution in [2.75, 3.05) is 26.2 Å². The summed E-state index contributed by atoms with van der Waals surface area (Å²) >= 11 is 0. The van der Waals surface area contributed by atoms with E-state index in [1.165, 1.54) is 36.6 Å². The first-order chi connectivity index (χ1) is 16.2. The van der Waals surface area contributed by atoms with Crippen LogP contribution in [0, 0.1) is 12.7 Å². The molecule has 1 aliphatic rings. The van der Waals surface area contributed by atoms with Crippen LogP contribution in [0.5, 0.6) is 0 Å². The van der Waals surface area contributed by atoms with Crippen LogP contribution in [0.2, 0.25) is 0 Å². The van der Waals surface area contributed by atoms with Gasteiger partial charge in [-0.2, -0.15) is 0 Å². The Labute approximate surface area is 197 Å². The van der Waals surface area contributed by atoms with Crippen molar-refractivity contribution in [3.63, 3.8) is 0 Å². The number of halogens is 1. The number of rotatable bonds is 6. The van der Waals surface area contributed by atoms with Gasteiger partial charge in [0, 0.05) is 37.3 Å². The third kappa shape index (κ3) is 5.18. The summed E-state index contributed by atoms with van der Waals surface area (Å²) in [5, 5.41) is 0. The summed E-state index contributed by atoms with van der Waals surface area (Å²) in [7, 11) is -3.86. The molecule has 2 amide bonds. The fraction of sp³-hybridized carbons (Fsp3) is 0.250. The molecule has 178 valence electrons. The van der Waals surface area contributed by atoms with Crippen LogP contribution in [0.25, 0.3) is 0 Å². The molecule has 0 spiro atoms. The molecule has 0 atom stereocenters. The Hall–Kier alpha value is -3.50. The smallest absolute Gasteiger partial charge is 0.254 e. The summed E-state index contributed by atoms with van der Waals surface area (Å²) in [5.74, 6) is -0.613. The van der Waals surface area contributed by atoms with Crippen LogP contribution < -0.4 is 4.72 Å². The minimum atomic E-state index is -3.86. The van der Waals surface area contributed by atoms with E-state index in [0.29, 0.717) is 24.4 Å². The van der Waals surface area contributed by atoms with Gasteiger partial charge in [0.05, 0.1) is 17.7 Å². The molecule has 1 fully saturated rings. The van der Waals surface area contributed by atoms with Gasteiger partial charge in [0.1, 0.15) is 11.6 Å². The molecule has 0 aliphatic carbocycles. The molecule has 0 radical (unpaired) electrons. The third-order valence-electron chi connectivity index (χ3n) is 5.69.